The zero-order valence-electron chi connectivity index (χ0n) is 8.86. The van der Waals surface area contributed by atoms with Gasteiger partial charge in [0.25, 0.3) is 0 Å². The molecule has 1 atom stereocenters. The number of aliphatic hydroxyl groups is 1. The minimum absolute atomic E-state index is 0.0607. The van der Waals surface area contributed by atoms with Crippen molar-refractivity contribution in [3.05, 3.63) is 17.8 Å². The van der Waals surface area contributed by atoms with Crippen LogP contribution in [-0.2, 0) is 0 Å². The summed E-state index contributed by atoms with van der Waals surface area (Å²) in [4.78, 5) is 6.12. The lowest BCUT2D eigenvalue weighted by atomic mass is 10.2. The van der Waals surface area contributed by atoms with E-state index in [9.17, 15) is 0 Å². The van der Waals surface area contributed by atoms with Crippen LogP contribution in [0.4, 0.5) is 11.5 Å². The first-order valence-corrected chi connectivity index (χ1v) is 4.62. The summed E-state index contributed by atoms with van der Waals surface area (Å²) < 4.78 is 0. The Morgan fingerprint density at radius 3 is 2.79 bits per heavy atom. The number of nitrogen functional groups attached to an aromatic ring is 1. The van der Waals surface area contributed by atoms with Crippen LogP contribution in [0.25, 0.3) is 0 Å². The monoisotopic (exact) mass is 195 g/mol. The topological polar surface area (TPSA) is 62.4 Å². The second-order valence-corrected chi connectivity index (χ2v) is 3.54. The van der Waals surface area contributed by atoms with Crippen LogP contribution in [-0.4, -0.2) is 29.8 Å². The van der Waals surface area contributed by atoms with Crippen LogP contribution in [0.1, 0.15) is 12.5 Å². The summed E-state index contributed by atoms with van der Waals surface area (Å²) in [5.41, 5.74) is 7.37. The molecule has 3 N–H and O–H groups in total. The van der Waals surface area contributed by atoms with Gasteiger partial charge >= 0.3 is 0 Å². The summed E-state index contributed by atoms with van der Waals surface area (Å²) >= 11 is 0. The van der Waals surface area contributed by atoms with Gasteiger partial charge in [0.05, 0.1) is 24.5 Å². The Balaban J connectivity index is 2.91. The zero-order chi connectivity index (χ0) is 10.7. The number of nitrogens with zero attached hydrogens (tertiary/aromatic N) is 2. The predicted octanol–water partition coefficient (Wildman–Crippen LogP) is 0.789. The number of hydrogen-bond acceptors (Lipinski definition) is 4. The first kappa shape index (κ1) is 10.8. The fourth-order valence-electron chi connectivity index (χ4n) is 1.09. The highest BCUT2D eigenvalue weighted by Gasteiger charge is 2.10. The Labute approximate surface area is 84.4 Å². The van der Waals surface area contributed by atoms with E-state index < -0.39 is 0 Å². The average Bonchev–Trinajstić information content (AvgIpc) is 2.20. The molecule has 0 radical (unpaired) electrons. The lowest BCUT2D eigenvalue weighted by molar-refractivity contribution is 0.270. The standard InChI is InChI=1S/C10H17N3O/c1-7-4-10(12-5-9(7)11)13(3)8(2)6-14/h4-5,8,14H,6,11H2,1-3H3. The molecule has 0 saturated heterocycles. The number of aromatic nitrogens is 1. The Bertz CT molecular complexity index is 314. The molecule has 0 aliphatic heterocycles. The van der Waals surface area contributed by atoms with Crippen LogP contribution < -0.4 is 10.6 Å². The van der Waals surface area contributed by atoms with Crippen molar-refractivity contribution in [1.82, 2.24) is 4.98 Å². The highest BCUT2D eigenvalue weighted by molar-refractivity contribution is 5.52. The molecule has 0 aromatic carbocycles. The first-order valence-electron chi connectivity index (χ1n) is 4.62. The highest BCUT2D eigenvalue weighted by Crippen LogP contribution is 2.17. The summed E-state index contributed by atoms with van der Waals surface area (Å²) in [7, 11) is 1.90. The van der Waals surface area contributed by atoms with Crippen molar-refractivity contribution in [2.24, 2.45) is 0 Å². The molecule has 4 nitrogen and oxygen atoms in total. The minimum atomic E-state index is 0.0607. The number of nitrogens with two attached hydrogens (primary N) is 1. The first-order chi connectivity index (χ1) is 6.56. The number of hydrogen-bond donors (Lipinski definition) is 2. The normalized spacial score (nSPS) is 12.6. The number of aryl methyl sites for hydroxylation is 1. The fourth-order valence-corrected chi connectivity index (χ4v) is 1.09. The van der Waals surface area contributed by atoms with Crippen molar-refractivity contribution in [3.63, 3.8) is 0 Å². The maximum Gasteiger partial charge on any atom is 0.128 e. The van der Waals surface area contributed by atoms with Crippen LogP contribution in [0.15, 0.2) is 12.3 Å². The van der Waals surface area contributed by atoms with E-state index >= 15 is 0 Å². The lowest BCUT2D eigenvalue weighted by Gasteiger charge is -2.24. The molecular formula is C10H17N3O. The van der Waals surface area contributed by atoms with Crippen LogP contribution in [0, 0.1) is 6.92 Å². The van der Waals surface area contributed by atoms with Gasteiger partial charge in [-0.15, -0.1) is 0 Å². The van der Waals surface area contributed by atoms with Crippen LogP contribution in [0.3, 0.4) is 0 Å². The quantitative estimate of drug-likeness (QED) is 0.748. The van der Waals surface area contributed by atoms with E-state index in [-0.39, 0.29) is 12.6 Å². The zero-order valence-corrected chi connectivity index (χ0v) is 8.86. The summed E-state index contributed by atoms with van der Waals surface area (Å²) in [5, 5.41) is 9.00. The maximum atomic E-state index is 9.00. The van der Waals surface area contributed by atoms with Crippen LogP contribution in [0.5, 0.6) is 0 Å². The molecule has 0 aliphatic carbocycles. The highest BCUT2D eigenvalue weighted by atomic mass is 16.3. The van der Waals surface area contributed by atoms with Gasteiger partial charge in [-0.1, -0.05) is 0 Å². The second-order valence-electron chi connectivity index (χ2n) is 3.54. The van der Waals surface area contributed by atoms with Gasteiger partial charge in [0.1, 0.15) is 5.82 Å². The number of likely N-dealkylation sites (N-methyl/N-ethyl adjacent to an activating group) is 1. The lowest BCUT2D eigenvalue weighted by Crippen LogP contribution is -2.32. The molecule has 0 spiro atoms. The Morgan fingerprint density at radius 1 is 1.64 bits per heavy atom. The molecule has 0 bridgehead atoms. The van der Waals surface area contributed by atoms with Crippen molar-refractivity contribution in [1.29, 1.82) is 0 Å². The molecule has 14 heavy (non-hydrogen) atoms. The van der Waals surface area contributed by atoms with E-state index in [4.69, 9.17) is 10.8 Å². The molecule has 0 amide bonds. The number of pyridine rings is 1. The summed E-state index contributed by atoms with van der Waals surface area (Å²) in [6, 6.07) is 1.98. The van der Waals surface area contributed by atoms with E-state index in [1.165, 1.54) is 0 Å². The minimum Gasteiger partial charge on any atom is -0.397 e. The molecular weight excluding hydrogens is 178 g/mol. The number of anilines is 2. The summed E-state index contributed by atoms with van der Waals surface area (Å²) in [6.07, 6.45) is 1.64. The summed E-state index contributed by atoms with van der Waals surface area (Å²) in [6.45, 7) is 3.99. The number of rotatable bonds is 3. The van der Waals surface area contributed by atoms with Gasteiger partial charge < -0.3 is 15.7 Å². The van der Waals surface area contributed by atoms with Gasteiger partial charge in [0, 0.05) is 7.05 Å². The Kier molecular flexibility index (Phi) is 3.30. The average molecular weight is 195 g/mol. The maximum absolute atomic E-state index is 9.00. The number of aliphatic hydroxyl groups excluding tert-OH is 1. The van der Waals surface area contributed by atoms with Gasteiger partial charge in [-0.2, -0.15) is 0 Å². The molecule has 1 aromatic rings. The molecule has 1 unspecified atom stereocenters. The molecule has 4 heteroatoms. The van der Waals surface area contributed by atoms with Gasteiger partial charge in [-0.25, -0.2) is 4.98 Å². The van der Waals surface area contributed by atoms with Crippen molar-refractivity contribution in [2.45, 2.75) is 19.9 Å². The molecule has 78 valence electrons. The smallest absolute Gasteiger partial charge is 0.128 e. The summed E-state index contributed by atoms with van der Waals surface area (Å²) in [5.74, 6) is 0.832. The van der Waals surface area contributed by atoms with E-state index in [1.54, 1.807) is 6.20 Å². The third kappa shape index (κ3) is 2.14. The van der Waals surface area contributed by atoms with E-state index in [2.05, 4.69) is 4.98 Å². The van der Waals surface area contributed by atoms with E-state index in [0.717, 1.165) is 11.4 Å². The van der Waals surface area contributed by atoms with Crippen LogP contribution in [0.2, 0.25) is 0 Å². The predicted molar refractivity (Wildman–Crippen MR) is 58.3 cm³/mol. The largest absolute Gasteiger partial charge is 0.397 e. The second kappa shape index (κ2) is 4.28. The fraction of sp³-hybridized carbons (Fsp3) is 0.500. The van der Waals surface area contributed by atoms with E-state index in [1.807, 2.05) is 31.9 Å². The Morgan fingerprint density at radius 2 is 2.29 bits per heavy atom. The van der Waals surface area contributed by atoms with Crippen molar-refractivity contribution in [2.75, 3.05) is 24.3 Å². The molecule has 1 heterocycles. The molecule has 0 fully saturated rings. The third-order valence-corrected chi connectivity index (χ3v) is 2.42. The van der Waals surface area contributed by atoms with E-state index in [0.29, 0.717) is 5.69 Å². The molecule has 0 saturated carbocycles. The SMILES string of the molecule is Cc1cc(N(C)C(C)CO)ncc1N. The van der Waals surface area contributed by atoms with Gasteiger partial charge in [-0.3, -0.25) is 0 Å². The Hall–Kier alpha value is -1.29. The van der Waals surface area contributed by atoms with Crippen LogP contribution >= 0.6 is 0 Å². The molecule has 0 aliphatic rings. The van der Waals surface area contributed by atoms with Crippen molar-refractivity contribution >= 4 is 11.5 Å². The van der Waals surface area contributed by atoms with Gasteiger partial charge in [0.2, 0.25) is 0 Å². The molecule has 1 aromatic heterocycles. The van der Waals surface area contributed by atoms with Crippen molar-refractivity contribution in [3.8, 4) is 0 Å². The molecule has 1 rings (SSSR count). The van der Waals surface area contributed by atoms with Crippen molar-refractivity contribution < 1.29 is 5.11 Å². The van der Waals surface area contributed by atoms with Gasteiger partial charge in [-0.05, 0) is 25.5 Å². The van der Waals surface area contributed by atoms with Gasteiger partial charge in [0.15, 0.2) is 0 Å². The third-order valence-electron chi connectivity index (χ3n) is 2.42.